The number of pyridine rings is 1. The summed E-state index contributed by atoms with van der Waals surface area (Å²) < 4.78 is 5.65. The van der Waals surface area contributed by atoms with Crippen molar-refractivity contribution in [3.8, 4) is 5.75 Å². The maximum atomic E-state index is 12.2. The molecular weight excluding hydrogens is 278 g/mol. The first kappa shape index (κ1) is 14.8. The van der Waals surface area contributed by atoms with Crippen molar-refractivity contribution in [2.24, 2.45) is 0 Å². The van der Waals surface area contributed by atoms with Gasteiger partial charge < -0.3 is 14.5 Å². The number of amides is 1. The zero-order chi connectivity index (χ0) is 15.4. The van der Waals surface area contributed by atoms with Gasteiger partial charge >= 0.3 is 0 Å². The van der Waals surface area contributed by atoms with E-state index in [9.17, 15) is 4.79 Å². The number of ether oxygens (including phenoxy) is 1. The Morgan fingerprint density at radius 3 is 2.82 bits per heavy atom. The van der Waals surface area contributed by atoms with Gasteiger partial charge in [0.05, 0.1) is 5.52 Å². The number of carbonyl (C=O) groups excluding carboxylic acids is 1. The molecule has 1 amide bonds. The molecule has 5 heteroatoms. The number of benzene rings is 1. The highest BCUT2D eigenvalue weighted by molar-refractivity contribution is 5.80. The minimum absolute atomic E-state index is 0.0574. The molecule has 116 valence electrons. The molecule has 1 fully saturated rings. The van der Waals surface area contributed by atoms with Crippen LogP contribution in [0.4, 0.5) is 0 Å². The summed E-state index contributed by atoms with van der Waals surface area (Å²) in [6.07, 6.45) is 1.77. The minimum atomic E-state index is 0.0574. The standard InChI is InChI=1S/C17H21N3O2/c1-2-19-8-10-20(11-9-19)17(21)13-22-15-5-6-16-14(12-15)4-3-7-18-16/h3-7,12H,2,8-11,13H2,1H3. The molecule has 1 aromatic heterocycles. The highest BCUT2D eigenvalue weighted by Crippen LogP contribution is 2.19. The van der Waals surface area contributed by atoms with E-state index in [1.807, 2.05) is 35.2 Å². The summed E-state index contributed by atoms with van der Waals surface area (Å²) in [5.41, 5.74) is 0.928. The molecule has 3 rings (SSSR count). The molecule has 0 unspecified atom stereocenters. The summed E-state index contributed by atoms with van der Waals surface area (Å²) in [6.45, 7) is 6.76. The number of carbonyl (C=O) groups is 1. The van der Waals surface area contributed by atoms with Crippen molar-refractivity contribution in [2.75, 3.05) is 39.3 Å². The second kappa shape index (κ2) is 6.75. The quantitative estimate of drug-likeness (QED) is 0.863. The van der Waals surface area contributed by atoms with Gasteiger partial charge in [0.25, 0.3) is 5.91 Å². The van der Waals surface area contributed by atoms with Crippen molar-refractivity contribution in [2.45, 2.75) is 6.92 Å². The van der Waals surface area contributed by atoms with Gasteiger partial charge in [-0.1, -0.05) is 13.0 Å². The summed E-state index contributed by atoms with van der Waals surface area (Å²) in [4.78, 5) is 20.7. The molecule has 0 radical (unpaired) electrons. The molecule has 1 aromatic carbocycles. The fourth-order valence-corrected chi connectivity index (χ4v) is 2.69. The van der Waals surface area contributed by atoms with E-state index >= 15 is 0 Å². The van der Waals surface area contributed by atoms with Crippen LogP contribution in [0.1, 0.15) is 6.92 Å². The van der Waals surface area contributed by atoms with Crippen LogP contribution >= 0.6 is 0 Å². The predicted molar refractivity (Wildman–Crippen MR) is 85.9 cm³/mol. The summed E-state index contributed by atoms with van der Waals surface area (Å²) >= 11 is 0. The lowest BCUT2D eigenvalue weighted by Gasteiger charge is -2.33. The second-order valence-electron chi connectivity index (χ2n) is 5.46. The summed E-state index contributed by atoms with van der Waals surface area (Å²) in [5, 5.41) is 1.02. The first-order chi connectivity index (χ1) is 10.8. The number of fused-ring (bicyclic) bond motifs is 1. The van der Waals surface area contributed by atoms with Crippen LogP contribution < -0.4 is 4.74 Å². The average molecular weight is 299 g/mol. The van der Waals surface area contributed by atoms with Crippen LogP contribution in [-0.2, 0) is 4.79 Å². The van der Waals surface area contributed by atoms with Crippen molar-refractivity contribution in [1.82, 2.24) is 14.8 Å². The monoisotopic (exact) mass is 299 g/mol. The van der Waals surface area contributed by atoms with Crippen LogP contribution in [0.2, 0.25) is 0 Å². The lowest BCUT2D eigenvalue weighted by molar-refractivity contribution is -0.135. The zero-order valence-corrected chi connectivity index (χ0v) is 12.9. The van der Waals surface area contributed by atoms with Crippen molar-refractivity contribution in [3.63, 3.8) is 0 Å². The van der Waals surface area contributed by atoms with Gasteiger partial charge in [0.15, 0.2) is 6.61 Å². The summed E-state index contributed by atoms with van der Waals surface area (Å²) in [6, 6.07) is 9.57. The van der Waals surface area contributed by atoms with Crippen LogP contribution in [0.5, 0.6) is 5.75 Å². The second-order valence-corrected chi connectivity index (χ2v) is 5.46. The Bertz CT molecular complexity index is 651. The van der Waals surface area contributed by atoms with Crippen LogP contribution in [0.15, 0.2) is 36.5 Å². The van der Waals surface area contributed by atoms with Crippen molar-refractivity contribution >= 4 is 16.8 Å². The van der Waals surface area contributed by atoms with E-state index in [4.69, 9.17) is 4.74 Å². The van der Waals surface area contributed by atoms with Gasteiger partial charge in [-0.25, -0.2) is 0 Å². The summed E-state index contributed by atoms with van der Waals surface area (Å²) in [7, 11) is 0. The number of likely N-dealkylation sites (N-methyl/N-ethyl adjacent to an activating group) is 1. The third-order valence-electron chi connectivity index (χ3n) is 4.11. The van der Waals surface area contributed by atoms with E-state index in [-0.39, 0.29) is 12.5 Å². The molecule has 5 nitrogen and oxygen atoms in total. The van der Waals surface area contributed by atoms with Gasteiger partial charge in [0, 0.05) is 37.8 Å². The molecular formula is C17H21N3O2. The number of hydrogen-bond acceptors (Lipinski definition) is 4. The lowest BCUT2D eigenvalue weighted by Crippen LogP contribution is -2.49. The Morgan fingerprint density at radius 1 is 1.23 bits per heavy atom. The fraction of sp³-hybridized carbons (Fsp3) is 0.412. The van der Waals surface area contributed by atoms with Crippen LogP contribution in [0.3, 0.4) is 0 Å². The largest absolute Gasteiger partial charge is 0.484 e. The Labute approximate surface area is 130 Å². The molecule has 22 heavy (non-hydrogen) atoms. The highest BCUT2D eigenvalue weighted by Gasteiger charge is 2.20. The van der Waals surface area contributed by atoms with Gasteiger partial charge in [-0.05, 0) is 30.8 Å². The van der Waals surface area contributed by atoms with E-state index in [1.165, 1.54) is 0 Å². The maximum Gasteiger partial charge on any atom is 0.260 e. The van der Waals surface area contributed by atoms with Crippen molar-refractivity contribution < 1.29 is 9.53 Å². The Balaban J connectivity index is 1.56. The summed E-state index contributed by atoms with van der Waals surface area (Å²) in [5.74, 6) is 0.767. The van der Waals surface area contributed by atoms with Gasteiger partial charge in [-0.3, -0.25) is 9.78 Å². The fourth-order valence-electron chi connectivity index (χ4n) is 2.69. The average Bonchev–Trinajstić information content (AvgIpc) is 2.59. The number of nitrogens with zero attached hydrogens (tertiary/aromatic N) is 3. The molecule has 0 N–H and O–H groups in total. The van der Waals surface area contributed by atoms with Crippen molar-refractivity contribution in [3.05, 3.63) is 36.5 Å². The molecule has 1 aliphatic rings. The molecule has 0 atom stereocenters. The SMILES string of the molecule is CCN1CCN(C(=O)COc2ccc3ncccc3c2)CC1. The molecule has 2 aromatic rings. The molecule has 0 spiro atoms. The Morgan fingerprint density at radius 2 is 2.05 bits per heavy atom. The van der Waals surface area contributed by atoms with Crippen LogP contribution in [-0.4, -0.2) is 60.0 Å². The molecule has 0 bridgehead atoms. The van der Waals surface area contributed by atoms with Gasteiger partial charge in [-0.15, -0.1) is 0 Å². The first-order valence-corrected chi connectivity index (χ1v) is 7.74. The smallest absolute Gasteiger partial charge is 0.260 e. The predicted octanol–water partition coefficient (Wildman–Crippen LogP) is 1.78. The third kappa shape index (κ3) is 3.36. The van der Waals surface area contributed by atoms with E-state index in [0.29, 0.717) is 5.75 Å². The number of hydrogen-bond donors (Lipinski definition) is 0. The van der Waals surface area contributed by atoms with Crippen molar-refractivity contribution in [1.29, 1.82) is 0 Å². The molecule has 2 heterocycles. The number of piperazine rings is 1. The van der Waals surface area contributed by atoms with Crippen LogP contribution in [0, 0.1) is 0 Å². The van der Waals surface area contributed by atoms with E-state index in [1.54, 1.807) is 6.20 Å². The number of rotatable bonds is 4. The van der Waals surface area contributed by atoms with Crippen LogP contribution in [0.25, 0.3) is 10.9 Å². The molecule has 1 aliphatic heterocycles. The zero-order valence-electron chi connectivity index (χ0n) is 12.9. The highest BCUT2D eigenvalue weighted by atomic mass is 16.5. The Hall–Kier alpha value is -2.14. The maximum absolute atomic E-state index is 12.2. The van der Waals surface area contributed by atoms with Gasteiger partial charge in [0.1, 0.15) is 5.75 Å². The Kier molecular flexibility index (Phi) is 4.53. The lowest BCUT2D eigenvalue weighted by atomic mass is 10.2. The number of aromatic nitrogens is 1. The minimum Gasteiger partial charge on any atom is -0.484 e. The third-order valence-corrected chi connectivity index (χ3v) is 4.11. The van der Waals surface area contributed by atoms with Gasteiger partial charge in [-0.2, -0.15) is 0 Å². The molecule has 1 saturated heterocycles. The van der Waals surface area contributed by atoms with E-state index in [0.717, 1.165) is 43.6 Å². The van der Waals surface area contributed by atoms with Gasteiger partial charge in [0.2, 0.25) is 0 Å². The topological polar surface area (TPSA) is 45.7 Å². The molecule has 0 aliphatic carbocycles. The van der Waals surface area contributed by atoms with E-state index < -0.39 is 0 Å². The molecule has 0 saturated carbocycles. The first-order valence-electron chi connectivity index (χ1n) is 7.74. The van der Waals surface area contributed by atoms with E-state index in [2.05, 4.69) is 16.8 Å². The normalized spacial score (nSPS) is 16.0.